The van der Waals surface area contributed by atoms with Gasteiger partial charge in [-0.05, 0) is 77.5 Å². The second kappa shape index (κ2) is 8.22. The lowest BCUT2D eigenvalue weighted by Crippen LogP contribution is -2.01. The van der Waals surface area contributed by atoms with E-state index in [0.717, 1.165) is 28.3 Å². The largest absolute Gasteiger partial charge is 0.496 e. The van der Waals surface area contributed by atoms with E-state index in [1.165, 1.54) is 3.57 Å². The molecule has 26 heavy (non-hydrogen) atoms. The van der Waals surface area contributed by atoms with Crippen molar-refractivity contribution in [2.75, 3.05) is 12.8 Å². The number of halogens is 1. The van der Waals surface area contributed by atoms with E-state index in [1.807, 2.05) is 49.4 Å². The van der Waals surface area contributed by atoms with Crippen molar-refractivity contribution in [2.45, 2.75) is 13.5 Å². The van der Waals surface area contributed by atoms with Gasteiger partial charge in [0.2, 0.25) is 5.95 Å². The molecular weight excluding hydrogens is 443 g/mol. The van der Waals surface area contributed by atoms with Crippen molar-refractivity contribution in [2.24, 2.45) is 5.10 Å². The number of anilines is 1. The molecule has 3 aromatic rings. The van der Waals surface area contributed by atoms with Crippen LogP contribution < -0.4 is 15.2 Å². The maximum atomic E-state index is 5.87. The maximum Gasteiger partial charge on any atom is 0.221 e. The smallest absolute Gasteiger partial charge is 0.221 e. The van der Waals surface area contributed by atoms with Crippen molar-refractivity contribution in [3.8, 4) is 11.5 Å². The van der Waals surface area contributed by atoms with E-state index in [4.69, 9.17) is 15.2 Å². The third kappa shape index (κ3) is 4.54. The van der Waals surface area contributed by atoms with E-state index in [1.54, 1.807) is 24.2 Å². The number of benzene rings is 2. The van der Waals surface area contributed by atoms with Crippen molar-refractivity contribution < 1.29 is 9.47 Å². The number of aryl methyl sites for hydroxylation is 1. The third-order valence-corrected chi connectivity index (χ3v) is 4.40. The third-order valence-electron chi connectivity index (χ3n) is 3.68. The van der Waals surface area contributed by atoms with Crippen LogP contribution in [0.25, 0.3) is 0 Å². The van der Waals surface area contributed by atoms with E-state index < -0.39 is 0 Å². The zero-order chi connectivity index (χ0) is 18.5. The van der Waals surface area contributed by atoms with Crippen LogP contribution in [0.4, 0.5) is 5.95 Å². The van der Waals surface area contributed by atoms with Gasteiger partial charge in [-0.15, -0.1) is 0 Å². The molecule has 0 spiro atoms. The number of nitrogen functional groups attached to an aromatic ring is 1. The Hall–Kier alpha value is -2.55. The number of methoxy groups -OCH3 is 1. The Bertz CT molecular complexity index is 920. The lowest BCUT2D eigenvalue weighted by molar-refractivity contribution is 0.296. The molecule has 0 radical (unpaired) electrons. The van der Waals surface area contributed by atoms with Crippen molar-refractivity contribution in [3.63, 3.8) is 0 Å². The predicted molar refractivity (Wildman–Crippen MR) is 111 cm³/mol. The molecule has 0 atom stereocenters. The number of aromatic nitrogens is 2. The molecule has 3 rings (SSSR count). The van der Waals surface area contributed by atoms with E-state index >= 15 is 0 Å². The van der Waals surface area contributed by atoms with Crippen LogP contribution in [0.1, 0.15) is 16.8 Å². The van der Waals surface area contributed by atoms with Crippen LogP contribution in [0.2, 0.25) is 0 Å². The van der Waals surface area contributed by atoms with E-state index in [-0.39, 0.29) is 0 Å². The van der Waals surface area contributed by atoms with Gasteiger partial charge in [-0.1, -0.05) is 0 Å². The van der Waals surface area contributed by atoms with Gasteiger partial charge in [0.15, 0.2) is 0 Å². The fourth-order valence-electron chi connectivity index (χ4n) is 2.41. The standard InChI is InChI=1S/C19H19IN4O2/c1-13-11-24(19(21)23-13)22-10-14-3-8-18(25-2)15(9-14)12-26-17-6-4-16(20)5-7-17/h3-11H,12H2,1-2H3,(H2,21,23). The van der Waals surface area contributed by atoms with Crippen molar-refractivity contribution >= 4 is 34.8 Å². The first kappa shape index (κ1) is 18.2. The van der Waals surface area contributed by atoms with Gasteiger partial charge in [-0.3, -0.25) is 0 Å². The van der Waals surface area contributed by atoms with Crippen molar-refractivity contribution in [3.05, 3.63) is 69.1 Å². The first-order valence-corrected chi connectivity index (χ1v) is 9.04. The highest BCUT2D eigenvalue weighted by molar-refractivity contribution is 14.1. The van der Waals surface area contributed by atoms with Crippen molar-refractivity contribution in [1.29, 1.82) is 0 Å². The first-order chi connectivity index (χ1) is 12.5. The minimum absolute atomic E-state index is 0.356. The second-order valence-corrected chi connectivity index (χ2v) is 6.89. The molecule has 0 unspecified atom stereocenters. The summed E-state index contributed by atoms with van der Waals surface area (Å²) < 4.78 is 14.0. The van der Waals surface area contributed by atoms with Crippen LogP contribution in [0.5, 0.6) is 11.5 Å². The van der Waals surface area contributed by atoms with Crippen LogP contribution in [-0.2, 0) is 6.61 Å². The zero-order valence-corrected chi connectivity index (χ0v) is 16.7. The van der Waals surface area contributed by atoms with E-state index in [0.29, 0.717) is 12.6 Å². The predicted octanol–water partition coefficient (Wildman–Crippen LogP) is 3.85. The lowest BCUT2D eigenvalue weighted by Gasteiger charge is -2.11. The zero-order valence-electron chi connectivity index (χ0n) is 14.5. The SMILES string of the molecule is COc1ccc(C=Nn2cc(C)nc2N)cc1COc1ccc(I)cc1. The summed E-state index contributed by atoms with van der Waals surface area (Å²) in [5.74, 6) is 1.94. The minimum Gasteiger partial charge on any atom is -0.496 e. The Morgan fingerprint density at radius 2 is 2.00 bits per heavy atom. The molecule has 0 aliphatic heterocycles. The molecule has 0 aliphatic rings. The Morgan fingerprint density at radius 1 is 1.23 bits per heavy atom. The molecule has 6 nitrogen and oxygen atoms in total. The highest BCUT2D eigenvalue weighted by atomic mass is 127. The van der Waals surface area contributed by atoms with Crippen LogP contribution in [0.3, 0.4) is 0 Å². The highest BCUT2D eigenvalue weighted by Gasteiger charge is 2.06. The van der Waals surface area contributed by atoms with Gasteiger partial charge in [0.25, 0.3) is 0 Å². The van der Waals surface area contributed by atoms with Crippen LogP contribution in [0.15, 0.2) is 53.8 Å². The second-order valence-electron chi connectivity index (χ2n) is 5.64. The molecule has 1 heterocycles. The molecule has 0 amide bonds. The Balaban J connectivity index is 1.77. The van der Waals surface area contributed by atoms with Crippen molar-refractivity contribution in [1.82, 2.24) is 9.66 Å². The minimum atomic E-state index is 0.356. The summed E-state index contributed by atoms with van der Waals surface area (Å²) in [6.45, 7) is 2.27. The van der Waals surface area contributed by atoms with E-state index in [9.17, 15) is 0 Å². The topological polar surface area (TPSA) is 74.7 Å². The molecule has 2 N–H and O–H groups in total. The molecule has 1 aromatic heterocycles. The van der Waals surface area contributed by atoms with Gasteiger partial charge in [0.1, 0.15) is 18.1 Å². The Kier molecular flexibility index (Phi) is 5.77. The number of nitrogens with two attached hydrogens (primary N) is 1. The number of imidazole rings is 1. The summed E-state index contributed by atoms with van der Waals surface area (Å²) in [7, 11) is 1.65. The summed E-state index contributed by atoms with van der Waals surface area (Å²) >= 11 is 2.26. The summed E-state index contributed by atoms with van der Waals surface area (Å²) in [5, 5.41) is 4.34. The quantitative estimate of drug-likeness (QED) is 0.446. The molecule has 7 heteroatoms. The Morgan fingerprint density at radius 3 is 2.65 bits per heavy atom. The molecule has 0 fully saturated rings. The number of nitrogens with zero attached hydrogens (tertiary/aromatic N) is 3. The number of hydrogen-bond acceptors (Lipinski definition) is 5. The van der Waals surface area contributed by atoms with Gasteiger partial charge in [0.05, 0.1) is 25.2 Å². The monoisotopic (exact) mass is 462 g/mol. The summed E-state index contributed by atoms with van der Waals surface area (Å²) in [6.07, 6.45) is 3.50. The van der Waals surface area contributed by atoms with Gasteiger partial charge < -0.3 is 15.2 Å². The first-order valence-electron chi connectivity index (χ1n) is 7.96. The van der Waals surface area contributed by atoms with Gasteiger partial charge in [-0.2, -0.15) is 5.10 Å². The number of rotatable bonds is 6. The molecule has 134 valence electrons. The number of ether oxygens (including phenoxy) is 2. The molecular formula is C19H19IN4O2. The van der Waals surface area contributed by atoms with Gasteiger partial charge >= 0.3 is 0 Å². The fraction of sp³-hybridized carbons (Fsp3) is 0.158. The average Bonchev–Trinajstić information content (AvgIpc) is 2.97. The maximum absolute atomic E-state index is 5.87. The summed E-state index contributed by atoms with van der Waals surface area (Å²) in [4.78, 5) is 4.12. The highest BCUT2D eigenvalue weighted by Crippen LogP contribution is 2.22. The fourth-order valence-corrected chi connectivity index (χ4v) is 2.77. The normalized spacial score (nSPS) is 11.0. The lowest BCUT2D eigenvalue weighted by atomic mass is 10.1. The molecule has 0 saturated heterocycles. The van der Waals surface area contributed by atoms with Gasteiger partial charge in [0, 0.05) is 9.13 Å². The van der Waals surface area contributed by atoms with Crippen LogP contribution >= 0.6 is 22.6 Å². The van der Waals surface area contributed by atoms with Gasteiger partial charge in [-0.25, -0.2) is 9.66 Å². The van der Waals surface area contributed by atoms with Crippen LogP contribution in [-0.4, -0.2) is 23.0 Å². The average molecular weight is 462 g/mol. The molecule has 0 aliphatic carbocycles. The molecule has 0 saturated carbocycles. The summed E-state index contributed by atoms with van der Waals surface area (Å²) in [6, 6.07) is 13.7. The van der Waals surface area contributed by atoms with Crippen LogP contribution in [0, 0.1) is 10.5 Å². The molecule has 2 aromatic carbocycles. The molecule has 0 bridgehead atoms. The van der Waals surface area contributed by atoms with E-state index in [2.05, 4.69) is 32.7 Å². The number of hydrogen-bond donors (Lipinski definition) is 1. The Labute approximate surface area is 165 Å². The summed E-state index contributed by atoms with van der Waals surface area (Å²) in [5.41, 5.74) is 8.47.